The number of hydrogen-bond donors (Lipinski definition) is 2. The molecule has 4 rings (SSSR count). The Kier molecular flexibility index (Phi) is 6.81. The molecule has 2 aliphatic rings. The highest BCUT2D eigenvalue weighted by molar-refractivity contribution is 7.08. The van der Waals surface area contributed by atoms with Crippen LogP contribution in [0, 0.1) is 0 Å². The number of aliphatic hydroxyl groups excluding tert-OH is 1. The number of fused-ring (bicyclic) bond motifs is 1. The maximum Gasteiger partial charge on any atom is 0.433 e. The lowest BCUT2D eigenvalue weighted by molar-refractivity contribution is -0.205. The van der Waals surface area contributed by atoms with Crippen molar-refractivity contribution in [3.63, 3.8) is 0 Å². The van der Waals surface area contributed by atoms with Gasteiger partial charge in [0.1, 0.15) is 0 Å². The molecule has 0 radical (unpaired) electrons. The van der Waals surface area contributed by atoms with E-state index in [-0.39, 0.29) is 43.0 Å². The van der Waals surface area contributed by atoms with Gasteiger partial charge in [-0.25, -0.2) is 18.7 Å². The van der Waals surface area contributed by atoms with Crippen molar-refractivity contribution >= 4 is 23.2 Å². The number of nitrogens with zero attached hydrogens (tertiary/aromatic N) is 4. The van der Waals surface area contributed by atoms with E-state index in [1.54, 1.807) is 16.8 Å². The number of nitrogens with two attached hydrogens (primary N) is 1. The number of alkyl halides is 5. The van der Waals surface area contributed by atoms with E-state index in [2.05, 4.69) is 9.97 Å². The average molecular weight is 519 g/mol. The molecule has 0 aliphatic carbocycles. The summed E-state index contributed by atoms with van der Waals surface area (Å²) in [6.07, 6.45) is -8.74. The van der Waals surface area contributed by atoms with Gasteiger partial charge in [0.15, 0.2) is 17.7 Å². The number of rotatable bonds is 5. The van der Waals surface area contributed by atoms with Gasteiger partial charge < -0.3 is 20.6 Å². The van der Waals surface area contributed by atoms with Crippen LogP contribution in [0.4, 0.5) is 22.0 Å². The number of amides is 2. The van der Waals surface area contributed by atoms with Crippen LogP contribution in [0.2, 0.25) is 0 Å². The van der Waals surface area contributed by atoms with E-state index >= 15 is 0 Å². The summed E-state index contributed by atoms with van der Waals surface area (Å²) < 4.78 is 68.6. The predicted molar refractivity (Wildman–Crippen MR) is 114 cm³/mol. The van der Waals surface area contributed by atoms with E-state index < -0.39 is 61.3 Å². The summed E-state index contributed by atoms with van der Waals surface area (Å²) in [5.74, 6) is -4.81. The number of piperidine rings is 1. The van der Waals surface area contributed by atoms with Crippen LogP contribution < -0.4 is 5.73 Å². The molecule has 14 heteroatoms. The Hall–Kier alpha value is -2.71. The molecule has 0 bridgehead atoms. The Balaban J connectivity index is 1.48. The first-order valence-electron chi connectivity index (χ1n) is 10.7. The van der Waals surface area contributed by atoms with E-state index in [9.17, 15) is 36.6 Å². The molecule has 0 aromatic carbocycles. The van der Waals surface area contributed by atoms with E-state index in [4.69, 9.17) is 5.73 Å². The van der Waals surface area contributed by atoms with E-state index in [1.807, 2.05) is 0 Å². The predicted octanol–water partition coefficient (Wildman–Crippen LogP) is 2.40. The van der Waals surface area contributed by atoms with Gasteiger partial charge in [-0.05, 0) is 17.9 Å². The molecule has 0 spiro atoms. The molecule has 2 amide bonds. The van der Waals surface area contributed by atoms with Crippen molar-refractivity contribution in [2.24, 2.45) is 5.73 Å². The maximum absolute atomic E-state index is 13.8. The highest BCUT2D eigenvalue weighted by Gasteiger charge is 2.48. The number of carbonyl (C=O) groups is 2. The molecule has 4 heterocycles. The SMILES string of the molecule is N[C@@H](CC(=O)N1CCc2c(nc(-c3ccsc3)nc2C(F)(F)F)C1)CN1C(=O)CCC(F)(F)[C@@H]1O. The van der Waals surface area contributed by atoms with Gasteiger partial charge in [0, 0.05) is 54.9 Å². The molecule has 2 aromatic heterocycles. The Bertz CT molecular complexity index is 1110. The molecule has 8 nitrogen and oxygen atoms in total. The zero-order valence-electron chi connectivity index (χ0n) is 18.3. The van der Waals surface area contributed by atoms with Gasteiger partial charge in [0.05, 0.1) is 12.2 Å². The number of carbonyl (C=O) groups excluding carboxylic acids is 2. The van der Waals surface area contributed by atoms with E-state index in [0.717, 1.165) is 0 Å². The lowest BCUT2D eigenvalue weighted by atomic mass is 10.0. The lowest BCUT2D eigenvalue weighted by Crippen LogP contribution is -2.58. The van der Waals surface area contributed by atoms with Crippen LogP contribution in [-0.2, 0) is 28.7 Å². The average Bonchev–Trinajstić information content (AvgIpc) is 3.33. The summed E-state index contributed by atoms with van der Waals surface area (Å²) in [5.41, 5.74) is 5.31. The molecule has 0 unspecified atom stereocenters. The van der Waals surface area contributed by atoms with Crippen molar-refractivity contribution in [3.05, 3.63) is 33.8 Å². The molecular weight excluding hydrogens is 497 g/mol. The lowest BCUT2D eigenvalue weighted by Gasteiger charge is -2.38. The molecule has 1 fully saturated rings. The fourth-order valence-corrected chi connectivity index (χ4v) is 4.82. The number of halogens is 5. The van der Waals surface area contributed by atoms with Gasteiger partial charge in [-0.15, -0.1) is 0 Å². The highest BCUT2D eigenvalue weighted by Crippen LogP contribution is 2.36. The standard InChI is InChI=1S/C21H22F5N5O3S/c22-20(23)4-1-15(32)31(19(20)34)8-12(27)7-16(33)30-5-2-13-14(9-30)28-18(11-3-6-35-10-11)29-17(13)21(24,25)26/h3,6,10,12,19,34H,1-2,4-5,7-9,27H2/t12-,19-/m0/s1. The van der Waals surface area contributed by atoms with Gasteiger partial charge in [-0.3, -0.25) is 9.59 Å². The summed E-state index contributed by atoms with van der Waals surface area (Å²) in [4.78, 5) is 34.6. The van der Waals surface area contributed by atoms with Crippen molar-refractivity contribution in [3.8, 4) is 11.4 Å². The van der Waals surface area contributed by atoms with Gasteiger partial charge in [0.25, 0.3) is 5.92 Å². The summed E-state index contributed by atoms with van der Waals surface area (Å²) >= 11 is 1.28. The monoisotopic (exact) mass is 519 g/mol. The minimum absolute atomic E-state index is 0.0356. The second kappa shape index (κ2) is 9.39. The molecule has 3 N–H and O–H groups in total. The van der Waals surface area contributed by atoms with Gasteiger partial charge in [-0.1, -0.05) is 0 Å². The summed E-state index contributed by atoms with van der Waals surface area (Å²) in [5, 5.41) is 13.1. The van der Waals surface area contributed by atoms with Gasteiger partial charge >= 0.3 is 6.18 Å². The zero-order chi connectivity index (χ0) is 25.5. The summed E-state index contributed by atoms with van der Waals surface area (Å²) in [7, 11) is 0. The number of hydrogen-bond acceptors (Lipinski definition) is 7. The number of aliphatic hydroxyl groups is 1. The van der Waals surface area contributed by atoms with Crippen molar-refractivity contribution in [1.29, 1.82) is 0 Å². The fraction of sp³-hybridized carbons (Fsp3) is 0.524. The van der Waals surface area contributed by atoms with Crippen molar-refractivity contribution in [2.45, 2.75) is 56.6 Å². The Morgan fingerprint density at radius 2 is 2.06 bits per heavy atom. The van der Waals surface area contributed by atoms with Crippen LogP contribution in [0.25, 0.3) is 11.4 Å². The first kappa shape index (κ1) is 25.4. The Labute approximate surface area is 200 Å². The smallest absolute Gasteiger partial charge is 0.368 e. The van der Waals surface area contributed by atoms with Crippen LogP contribution in [0.5, 0.6) is 0 Å². The number of likely N-dealkylation sites (tertiary alicyclic amines) is 1. The molecule has 2 aromatic rings. The quantitative estimate of drug-likeness (QED) is 0.587. The molecule has 190 valence electrons. The second-order valence-corrected chi connectivity index (χ2v) is 9.32. The number of aromatic nitrogens is 2. The molecule has 2 atom stereocenters. The third kappa shape index (κ3) is 5.28. The molecule has 2 aliphatic heterocycles. The van der Waals surface area contributed by atoms with Crippen LogP contribution in [-0.4, -0.2) is 68.0 Å². The van der Waals surface area contributed by atoms with Crippen molar-refractivity contribution < 1.29 is 36.6 Å². The van der Waals surface area contributed by atoms with Gasteiger partial charge in [-0.2, -0.15) is 24.5 Å². The molecular formula is C21H22F5N5O3S. The van der Waals surface area contributed by atoms with Crippen LogP contribution in [0.3, 0.4) is 0 Å². The van der Waals surface area contributed by atoms with Crippen LogP contribution >= 0.6 is 11.3 Å². The van der Waals surface area contributed by atoms with E-state index in [1.165, 1.54) is 16.2 Å². The van der Waals surface area contributed by atoms with Crippen molar-refractivity contribution in [1.82, 2.24) is 19.8 Å². The minimum atomic E-state index is -4.70. The van der Waals surface area contributed by atoms with Crippen LogP contribution in [0.15, 0.2) is 16.8 Å². The first-order chi connectivity index (χ1) is 16.4. The maximum atomic E-state index is 13.8. The second-order valence-electron chi connectivity index (χ2n) is 8.54. The Morgan fingerprint density at radius 1 is 1.31 bits per heavy atom. The number of thiophene rings is 1. The highest BCUT2D eigenvalue weighted by atomic mass is 32.1. The summed E-state index contributed by atoms with van der Waals surface area (Å²) in [6.45, 7) is -0.701. The van der Waals surface area contributed by atoms with E-state index in [0.29, 0.717) is 10.5 Å². The molecule has 0 saturated carbocycles. The third-order valence-electron chi connectivity index (χ3n) is 6.00. The van der Waals surface area contributed by atoms with Crippen LogP contribution in [0.1, 0.15) is 36.2 Å². The Morgan fingerprint density at radius 3 is 2.71 bits per heavy atom. The topological polar surface area (TPSA) is 113 Å². The zero-order valence-corrected chi connectivity index (χ0v) is 19.1. The minimum Gasteiger partial charge on any atom is -0.368 e. The van der Waals surface area contributed by atoms with Crippen molar-refractivity contribution in [2.75, 3.05) is 13.1 Å². The summed E-state index contributed by atoms with van der Waals surface area (Å²) in [6, 6.07) is 0.533. The third-order valence-corrected chi connectivity index (χ3v) is 6.68. The fourth-order valence-electron chi connectivity index (χ4n) is 4.18. The first-order valence-corrected chi connectivity index (χ1v) is 11.7. The molecule has 1 saturated heterocycles. The van der Waals surface area contributed by atoms with Gasteiger partial charge in [0.2, 0.25) is 11.8 Å². The normalized spacial score (nSPS) is 21.1. The largest absolute Gasteiger partial charge is 0.433 e. The molecule has 35 heavy (non-hydrogen) atoms.